The molecule has 5 rings (SSSR count). The maximum atomic E-state index is 11.2. The first kappa shape index (κ1) is 15.6. The summed E-state index contributed by atoms with van der Waals surface area (Å²) in [5.41, 5.74) is 1.88. The second kappa shape index (κ2) is 6.19. The summed E-state index contributed by atoms with van der Waals surface area (Å²) in [5.74, 6) is 2.13. The first-order chi connectivity index (χ1) is 11.7. The van der Waals surface area contributed by atoms with Gasteiger partial charge in [0.25, 0.3) is 0 Å². The molecule has 24 heavy (non-hydrogen) atoms. The number of ether oxygens (including phenoxy) is 1. The second-order valence-electron chi connectivity index (χ2n) is 7.15. The van der Waals surface area contributed by atoms with Crippen LogP contribution in [0.25, 0.3) is 10.9 Å². The van der Waals surface area contributed by atoms with Crippen LogP contribution in [-0.2, 0) is 0 Å². The molecule has 0 aliphatic carbocycles. The van der Waals surface area contributed by atoms with E-state index in [-0.39, 0.29) is 5.92 Å². The van der Waals surface area contributed by atoms with Gasteiger partial charge in [-0.1, -0.05) is 6.08 Å². The van der Waals surface area contributed by atoms with Crippen molar-refractivity contribution in [3.63, 3.8) is 0 Å². The third-order valence-electron chi connectivity index (χ3n) is 5.99. The summed E-state index contributed by atoms with van der Waals surface area (Å²) in [5, 5.41) is 12.2. The third-order valence-corrected chi connectivity index (χ3v) is 5.99. The SMILES string of the molecule is C=C[C@@H]1C[NH+]2CC[C@H]1[C@H]([C@H](O)c1ccnc3ccc(OC)cc13)C2. The van der Waals surface area contributed by atoms with Crippen molar-refractivity contribution in [2.24, 2.45) is 17.8 Å². The van der Waals surface area contributed by atoms with Gasteiger partial charge < -0.3 is 14.7 Å². The Kier molecular flexibility index (Phi) is 4.02. The molecule has 1 aromatic carbocycles. The van der Waals surface area contributed by atoms with Crippen molar-refractivity contribution in [1.29, 1.82) is 0 Å². The Hall–Kier alpha value is -1.91. The van der Waals surface area contributed by atoms with Crippen molar-refractivity contribution in [2.75, 3.05) is 26.7 Å². The van der Waals surface area contributed by atoms with Crippen molar-refractivity contribution in [2.45, 2.75) is 12.5 Å². The molecule has 4 heteroatoms. The quantitative estimate of drug-likeness (QED) is 0.840. The highest BCUT2D eigenvalue weighted by Crippen LogP contribution is 2.39. The lowest BCUT2D eigenvalue weighted by Gasteiger charge is -2.47. The number of aromatic nitrogens is 1. The molecule has 0 saturated carbocycles. The molecule has 3 aliphatic rings. The number of piperidine rings is 3. The number of rotatable bonds is 4. The highest BCUT2D eigenvalue weighted by Gasteiger charge is 2.46. The fourth-order valence-corrected chi connectivity index (χ4v) is 4.74. The number of nitrogens with zero attached hydrogens (tertiary/aromatic N) is 1. The van der Waals surface area contributed by atoms with Crippen LogP contribution in [0.15, 0.2) is 43.1 Å². The lowest BCUT2D eigenvalue weighted by atomic mass is 9.69. The molecule has 5 atom stereocenters. The highest BCUT2D eigenvalue weighted by molar-refractivity contribution is 5.83. The maximum Gasteiger partial charge on any atom is 0.119 e. The van der Waals surface area contributed by atoms with Gasteiger partial charge in [-0.3, -0.25) is 4.98 Å². The van der Waals surface area contributed by atoms with E-state index < -0.39 is 6.10 Å². The summed E-state index contributed by atoms with van der Waals surface area (Å²) in [6, 6.07) is 7.82. The number of methoxy groups -OCH3 is 1. The second-order valence-corrected chi connectivity index (χ2v) is 7.15. The Labute approximate surface area is 142 Å². The van der Waals surface area contributed by atoms with Crippen molar-refractivity contribution in [3.05, 3.63) is 48.7 Å². The molecular formula is C20H25N2O2+. The Balaban J connectivity index is 1.73. The van der Waals surface area contributed by atoms with E-state index in [9.17, 15) is 5.11 Å². The van der Waals surface area contributed by atoms with E-state index in [0.29, 0.717) is 11.8 Å². The molecule has 126 valence electrons. The number of hydrogen-bond donors (Lipinski definition) is 2. The number of fused-ring (bicyclic) bond motifs is 4. The summed E-state index contributed by atoms with van der Waals surface area (Å²) in [6.07, 6.45) is 4.61. The minimum atomic E-state index is -0.467. The van der Waals surface area contributed by atoms with Crippen LogP contribution >= 0.6 is 0 Å². The molecule has 3 fully saturated rings. The van der Waals surface area contributed by atoms with Crippen molar-refractivity contribution < 1.29 is 14.7 Å². The van der Waals surface area contributed by atoms with Crippen LogP contribution in [0.4, 0.5) is 0 Å². The normalized spacial score (nSPS) is 30.2. The van der Waals surface area contributed by atoms with E-state index in [1.54, 1.807) is 18.2 Å². The Morgan fingerprint density at radius 2 is 2.25 bits per heavy atom. The Morgan fingerprint density at radius 1 is 1.38 bits per heavy atom. The van der Waals surface area contributed by atoms with Crippen molar-refractivity contribution in [3.8, 4) is 5.75 Å². The minimum absolute atomic E-state index is 0.280. The van der Waals surface area contributed by atoms with E-state index in [2.05, 4.69) is 17.6 Å². The van der Waals surface area contributed by atoms with Crippen LogP contribution in [-0.4, -0.2) is 36.8 Å². The molecule has 2 bridgehead atoms. The van der Waals surface area contributed by atoms with Gasteiger partial charge >= 0.3 is 0 Å². The predicted molar refractivity (Wildman–Crippen MR) is 94.1 cm³/mol. The molecule has 0 spiro atoms. The number of benzene rings is 1. The van der Waals surface area contributed by atoms with Gasteiger partial charge in [0, 0.05) is 29.8 Å². The van der Waals surface area contributed by atoms with Gasteiger partial charge in [-0.05, 0) is 35.7 Å². The fourth-order valence-electron chi connectivity index (χ4n) is 4.74. The summed E-state index contributed by atoms with van der Waals surface area (Å²) in [7, 11) is 1.67. The zero-order chi connectivity index (χ0) is 16.7. The molecule has 1 aromatic heterocycles. The summed E-state index contributed by atoms with van der Waals surface area (Å²) in [4.78, 5) is 6.04. The molecule has 4 heterocycles. The van der Waals surface area contributed by atoms with Crippen LogP contribution in [0, 0.1) is 17.8 Å². The number of hydrogen-bond acceptors (Lipinski definition) is 3. The average molecular weight is 325 g/mol. The van der Waals surface area contributed by atoms with E-state index in [0.717, 1.165) is 28.8 Å². The zero-order valence-corrected chi connectivity index (χ0v) is 14.1. The molecule has 3 aliphatic heterocycles. The molecule has 4 nitrogen and oxygen atoms in total. The molecule has 2 aromatic rings. The van der Waals surface area contributed by atoms with Crippen LogP contribution < -0.4 is 9.64 Å². The third kappa shape index (κ3) is 2.50. The van der Waals surface area contributed by atoms with Crippen LogP contribution in [0.2, 0.25) is 0 Å². The first-order valence-corrected chi connectivity index (χ1v) is 8.78. The summed E-state index contributed by atoms with van der Waals surface area (Å²) >= 11 is 0. The van der Waals surface area contributed by atoms with Crippen LogP contribution in [0.3, 0.4) is 0 Å². The van der Waals surface area contributed by atoms with Gasteiger partial charge in [0.05, 0.1) is 38.4 Å². The van der Waals surface area contributed by atoms with E-state index >= 15 is 0 Å². The van der Waals surface area contributed by atoms with Crippen LogP contribution in [0.1, 0.15) is 18.1 Å². The van der Waals surface area contributed by atoms with Gasteiger partial charge in [0.1, 0.15) is 5.75 Å². The summed E-state index contributed by atoms with van der Waals surface area (Å²) < 4.78 is 5.36. The molecule has 0 amide bonds. The Morgan fingerprint density at radius 3 is 3.00 bits per heavy atom. The smallest absolute Gasteiger partial charge is 0.119 e. The largest absolute Gasteiger partial charge is 0.497 e. The van der Waals surface area contributed by atoms with Crippen molar-refractivity contribution >= 4 is 10.9 Å². The molecule has 3 saturated heterocycles. The maximum absolute atomic E-state index is 11.2. The number of nitrogens with one attached hydrogen (secondary N) is 1. The standard InChI is InChI=1S/C20H24N2O2/c1-3-13-11-22-9-7-15(13)18(12-22)20(23)16-6-8-21-19-5-4-14(24-2)10-17(16)19/h3-6,8,10,13,15,18,20,23H,1,7,9,11-12H2,2H3/p+1/t13-,15-,18-,20-/m1/s1. The summed E-state index contributed by atoms with van der Waals surface area (Å²) in [6.45, 7) is 7.46. The molecule has 0 radical (unpaired) electrons. The van der Waals surface area contributed by atoms with E-state index in [1.165, 1.54) is 19.5 Å². The molecular weight excluding hydrogens is 300 g/mol. The van der Waals surface area contributed by atoms with E-state index in [4.69, 9.17) is 4.74 Å². The number of pyridine rings is 1. The van der Waals surface area contributed by atoms with Gasteiger partial charge in [-0.2, -0.15) is 0 Å². The van der Waals surface area contributed by atoms with Gasteiger partial charge in [-0.25, -0.2) is 0 Å². The number of aliphatic hydroxyl groups excluding tert-OH is 1. The monoisotopic (exact) mass is 325 g/mol. The van der Waals surface area contributed by atoms with E-state index in [1.807, 2.05) is 24.3 Å². The topological polar surface area (TPSA) is 46.8 Å². The lowest BCUT2D eigenvalue weighted by Crippen LogP contribution is -3.17. The number of aliphatic hydroxyl groups is 1. The minimum Gasteiger partial charge on any atom is -0.497 e. The molecule has 1 unspecified atom stereocenters. The van der Waals surface area contributed by atoms with Gasteiger partial charge in [0.2, 0.25) is 0 Å². The highest BCUT2D eigenvalue weighted by atomic mass is 16.5. The first-order valence-electron chi connectivity index (χ1n) is 8.78. The molecule has 2 N–H and O–H groups in total. The zero-order valence-electron chi connectivity index (χ0n) is 14.1. The average Bonchev–Trinajstić information content (AvgIpc) is 2.66. The lowest BCUT2D eigenvalue weighted by molar-refractivity contribution is -0.925. The van der Waals surface area contributed by atoms with Gasteiger partial charge in [0.15, 0.2) is 0 Å². The predicted octanol–water partition coefficient (Wildman–Crippen LogP) is 1.61. The van der Waals surface area contributed by atoms with Crippen LogP contribution in [0.5, 0.6) is 5.75 Å². The van der Waals surface area contributed by atoms with Crippen molar-refractivity contribution in [1.82, 2.24) is 4.98 Å². The van der Waals surface area contributed by atoms with Gasteiger partial charge in [-0.15, -0.1) is 6.58 Å². The number of quaternary nitrogens is 1. The fraction of sp³-hybridized carbons (Fsp3) is 0.450. The Bertz CT molecular complexity index is 760.